The fourth-order valence-electron chi connectivity index (χ4n) is 4.35. The van der Waals surface area contributed by atoms with Crippen LogP contribution in [0.25, 0.3) is 21.6 Å². The number of thioether (sulfide) groups is 2. The molecule has 162 valence electrons. The number of aromatic nitrogens is 6. The van der Waals surface area contributed by atoms with Gasteiger partial charge in [-0.15, -0.1) is 44.9 Å². The summed E-state index contributed by atoms with van der Waals surface area (Å²) >= 11 is 5.16. The van der Waals surface area contributed by atoms with Gasteiger partial charge in [0.1, 0.15) is 4.83 Å². The molecule has 0 radical (unpaired) electrons. The Kier molecular flexibility index (Phi) is 5.38. The van der Waals surface area contributed by atoms with Crippen LogP contribution in [0.1, 0.15) is 37.6 Å². The minimum atomic E-state index is 0.309. The van der Waals surface area contributed by atoms with Crippen LogP contribution in [0.2, 0.25) is 0 Å². The van der Waals surface area contributed by atoms with Crippen LogP contribution in [0.15, 0.2) is 35.6 Å². The van der Waals surface area contributed by atoms with Gasteiger partial charge in [0.25, 0.3) is 0 Å². The van der Waals surface area contributed by atoms with E-state index < -0.39 is 0 Å². The van der Waals surface area contributed by atoms with Gasteiger partial charge in [-0.3, -0.25) is 0 Å². The molecule has 9 heteroatoms. The van der Waals surface area contributed by atoms with Gasteiger partial charge >= 0.3 is 0 Å². The first-order valence-electron chi connectivity index (χ1n) is 10.5. The minimum absolute atomic E-state index is 0.309. The number of thiophene rings is 1. The number of rotatable bonds is 6. The van der Waals surface area contributed by atoms with E-state index in [-0.39, 0.29) is 0 Å². The quantitative estimate of drug-likeness (QED) is 0.266. The molecule has 4 aromatic rings. The highest BCUT2D eigenvalue weighted by atomic mass is 32.2. The fourth-order valence-corrected chi connectivity index (χ4v) is 7.16. The van der Waals surface area contributed by atoms with Crippen molar-refractivity contribution in [3.63, 3.8) is 0 Å². The largest absolute Gasteiger partial charge is 0.245 e. The molecule has 0 saturated heterocycles. The molecule has 0 aliphatic heterocycles. The first-order valence-corrected chi connectivity index (χ1v) is 13.3. The van der Waals surface area contributed by atoms with Crippen molar-refractivity contribution in [3.8, 4) is 0 Å². The van der Waals surface area contributed by atoms with E-state index in [9.17, 15) is 0 Å². The smallest absolute Gasteiger partial charge is 0.245 e. The number of fused-ring (bicyclic) bond motifs is 8. The lowest BCUT2D eigenvalue weighted by Gasteiger charge is -2.33. The summed E-state index contributed by atoms with van der Waals surface area (Å²) in [5.74, 6) is 3.02. The van der Waals surface area contributed by atoms with E-state index in [0.717, 1.165) is 46.1 Å². The SMILES string of the molecule is C=CCSc1nnc2c3c4c(sc3n3c(SCC=C)nnc3n12)CC(C(C)(C)C)CC4. The third-order valence-electron chi connectivity index (χ3n) is 6.01. The Morgan fingerprint density at radius 1 is 1.03 bits per heavy atom. The van der Waals surface area contributed by atoms with Crippen molar-refractivity contribution in [1.82, 2.24) is 29.2 Å². The molecule has 1 unspecified atom stereocenters. The maximum atomic E-state index is 4.63. The molecule has 1 aliphatic rings. The third kappa shape index (κ3) is 3.41. The molecular formula is C22H26N6S3. The molecule has 1 atom stereocenters. The number of hydrogen-bond acceptors (Lipinski definition) is 7. The first-order chi connectivity index (χ1) is 14.9. The van der Waals surface area contributed by atoms with Gasteiger partial charge in [-0.05, 0) is 36.2 Å². The predicted octanol–water partition coefficient (Wildman–Crippen LogP) is 5.69. The summed E-state index contributed by atoms with van der Waals surface area (Å²) in [6.45, 7) is 14.8. The minimum Gasteiger partial charge on any atom is -0.245 e. The summed E-state index contributed by atoms with van der Waals surface area (Å²) in [6.07, 6.45) is 7.20. The third-order valence-corrected chi connectivity index (χ3v) is 9.10. The zero-order valence-corrected chi connectivity index (χ0v) is 20.5. The average molecular weight is 471 g/mol. The van der Waals surface area contributed by atoms with Gasteiger partial charge in [0.2, 0.25) is 5.78 Å². The van der Waals surface area contributed by atoms with Crippen molar-refractivity contribution in [2.75, 3.05) is 11.5 Å². The van der Waals surface area contributed by atoms with Crippen LogP contribution in [0.3, 0.4) is 0 Å². The van der Waals surface area contributed by atoms with Gasteiger partial charge in [-0.2, -0.15) is 0 Å². The normalized spacial score (nSPS) is 16.9. The number of aryl methyl sites for hydroxylation is 1. The highest BCUT2D eigenvalue weighted by molar-refractivity contribution is 7.99. The summed E-state index contributed by atoms with van der Waals surface area (Å²) in [7, 11) is 0. The highest BCUT2D eigenvalue weighted by Gasteiger charge is 2.33. The molecule has 0 spiro atoms. The van der Waals surface area contributed by atoms with Crippen molar-refractivity contribution in [2.45, 2.75) is 50.3 Å². The zero-order valence-electron chi connectivity index (χ0n) is 18.1. The Bertz CT molecular complexity index is 1310. The van der Waals surface area contributed by atoms with Crippen LogP contribution >= 0.6 is 34.9 Å². The van der Waals surface area contributed by atoms with Crippen molar-refractivity contribution >= 4 is 56.5 Å². The van der Waals surface area contributed by atoms with Crippen molar-refractivity contribution in [1.29, 1.82) is 0 Å². The van der Waals surface area contributed by atoms with E-state index in [0.29, 0.717) is 11.3 Å². The van der Waals surface area contributed by atoms with Gasteiger partial charge < -0.3 is 0 Å². The molecule has 4 heterocycles. The molecule has 4 aromatic heterocycles. The number of nitrogens with zero attached hydrogens (tertiary/aromatic N) is 6. The van der Waals surface area contributed by atoms with E-state index >= 15 is 0 Å². The van der Waals surface area contributed by atoms with Crippen LogP contribution in [-0.4, -0.2) is 40.7 Å². The van der Waals surface area contributed by atoms with Gasteiger partial charge in [0.15, 0.2) is 16.0 Å². The Labute approximate surface area is 194 Å². The fraction of sp³-hybridized carbons (Fsp3) is 0.455. The molecule has 5 rings (SSSR count). The van der Waals surface area contributed by atoms with E-state index in [4.69, 9.17) is 0 Å². The highest BCUT2D eigenvalue weighted by Crippen LogP contribution is 2.45. The molecule has 1 aliphatic carbocycles. The molecule has 0 amide bonds. The second-order valence-corrected chi connectivity index (χ2v) is 12.0. The van der Waals surface area contributed by atoms with Crippen LogP contribution in [-0.2, 0) is 12.8 Å². The monoisotopic (exact) mass is 470 g/mol. The van der Waals surface area contributed by atoms with Crippen LogP contribution in [0, 0.1) is 11.3 Å². The van der Waals surface area contributed by atoms with Gasteiger partial charge in [0, 0.05) is 16.4 Å². The topological polar surface area (TPSA) is 60.4 Å². The van der Waals surface area contributed by atoms with Crippen molar-refractivity contribution in [3.05, 3.63) is 35.8 Å². The molecule has 6 nitrogen and oxygen atoms in total. The lowest BCUT2D eigenvalue weighted by molar-refractivity contribution is 0.218. The van der Waals surface area contributed by atoms with Crippen molar-refractivity contribution < 1.29 is 0 Å². The summed E-state index contributed by atoms with van der Waals surface area (Å²) in [5.41, 5.74) is 2.64. The Morgan fingerprint density at radius 2 is 1.71 bits per heavy atom. The second kappa shape index (κ2) is 7.94. The first kappa shape index (κ1) is 21.0. The second-order valence-electron chi connectivity index (χ2n) is 8.95. The summed E-state index contributed by atoms with van der Waals surface area (Å²) in [6, 6.07) is 0. The van der Waals surface area contributed by atoms with Gasteiger partial charge in [-0.1, -0.05) is 56.4 Å². The van der Waals surface area contributed by atoms with Gasteiger partial charge in [0.05, 0.1) is 5.39 Å². The number of hydrogen-bond donors (Lipinski definition) is 0. The maximum Gasteiger partial charge on any atom is 0.245 e. The van der Waals surface area contributed by atoms with Crippen LogP contribution < -0.4 is 0 Å². The summed E-state index contributed by atoms with van der Waals surface area (Å²) < 4.78 is 4.28. The average Bonchev–Trinajstić information content (AvgIpc) is 3.43. The van der Waals surface area contributed by atoms with Crippen LogP contribution in [0.5, 0.6) is 0 Å². The van der Waals surface area contributed by atoms with E-state index in [1.54, 1.807) is 23.5 Å². The molecule has 0 aromatic carbocycles. The lowest BCUT2D eigenvalue weighted by Crippen LogP contribution is -2.26. The Balaban J connectivity index is 1.80. The molecule has 0 bridgehead atoms. The standard InChI is InChI=1S/C22H26N6S3/c1-6-10-29-20-25-23-17-16-14-9-8-13(22(3,4)5)12-15(14)31-18(16)28-19(27(17)20)24-26-21(28)30-11-7-2/h6-7,13H,1-2,8-12H2,3-5H3. The van der Waals surface area contributed by atoms with E-state index in [1.165, 1.54) is 27.1 Å². The lowest BCUT2D eigenvalue weighted by atomic mass is 9.72. The molecule has 31 heavy (non-hydrogen) atoms. The summed E-state index contributed by atoms with van der Waals surface area (Å²) in [4.78, 5) is 2.67. The van der Waals surface area contributed by atoms with E-state index in [2.05, 4.69) is 63.1 Å². The zero-order chi connectivity index (χ0) is 21.8. The molecule has 0 N–H and O–H groups in total. The molecular weight excluding hydrogens is 444 g/mol. The van der Waals surface area contributed by atoms with E-state index in [1.807, 2.05) is 23.5 Å². The van der Waals surface area contributed by atoms with Gasteiger partial charge in [-0.25, -0.2) is 8.80 Å². The Hall–Kier alpha value is -1.84. The molecule has 0 fully saturated rings. The maximum absolute atomic E-state index is 4.63. The predicted molar refractivity (Wildman–Crippen MR) is 132 cm³/mol. The summed E-state index contributed by atoms with van der Waals surface area (Å²) in [5, 5.41) is 21.2. The Morgan fingerprint density at radius 3 is 2.39 bits per heavy atom. The van der Waals surface area contributed by atoms with Crippen molar-refractivity contribution in [2.24, 2.45) is 11.3 Å². The molecule has 0 saturated carbocycles. The van der Waals surface area contributed by atoms with Crippen LogP contribution in [0.4, 0.5) is 0 Å².